The number of hydrogen-bond donors (Lipinski definition) is 2. The summed E-state index contributed by atoms with van der Waals surface area (Å²) in [6.45, 7) is 3.12. The predicted octanol–water partition coefficient (Wildman–Crippen LogP) is 5.52. The number of aryl methyl sites for hydroxylation is 1. The fourth-order valence-electron chi connectivity index (χ4n) is 5.20. The summed E-state index contributed by atoms with van der Waals surface area (Å²) in [5, 5.41) is 17.8. The highest BCUT2D eigenvalue weighted by atomic mass is 16.6. The molecule has 6 rings (SSSR count). The molecule has 0 unspecified atom stereocenters. The molecule has 9 heteroatoms. The van der Waals surface area contributed by atoms with Crippen molar-refractivity contribution in [2.24, 2.45) is 7.05 Å². The van der Waals surface area contributed by atoms with Gasteiger partial charge < -0.3 is 15.2 Å². The van der Waals surface area contributed by atoms with Gasteiger partial charge in [0.15, 0.2) is 0 Å². The van der Waals surface area contributed by atoms with Crippen LogP contribution in [0.4, 0.5) is 17.1 Å². The lowest BCUT2D eigenvalue weighted by Crippen LogP contribution is -2.18. The van der Waals surface area contributed by atoms with Gasteiger partial charge in [0.2, 0.25) is 0 Å². The predicted molar refractivity (Wildman–Crippen MR) is 152 cm³/mol. The number of non-ortho nitro benzene ring substituents is 1. The van der Waals surface area contributed by atoms with E-state index in [1.165, 1.54) is 30.5 Å². The highest BCUT2D eigenvalue weighted by Gasteiger charge is 2.30. The fourth-order valence-corrected chi connectivity index (χ4v) is 5.20. The number of nitrogens with one attached hydrogen (secondary N) is 2. The Kier molecular flexibility index (Phi) is 6.42. The molecule has 1 saturated heterocycles. The number of nitrogens with zero attached hydrogens (tertiary/aromatic N) is 4. The number of carbonyl (C=O) groups is 1. The van der Waals surface area contributed by atoms with Gasteiger partial charge in [-0.15, -0.1) is 0 Å². The molecule has 1 aromatic heterocycles. The van der Waals surface area contributed by atoms with Gasteiger partial charge in [-0.25, -0.2) is 4.98 Å². The quantitative estimate of drug-likeness (QED) is 0.189. The van der Waals surface area contributed by atoms with Gasteiger partial charge in [-0.05, 0) is 55.3 Å². The maximum absolute atomic E-state index is 13.3. The minimum absolute atomic E-state index is 0.0669. The lowest BCUT2D eigenvalue weighted by molar-refractivity contribution is -0.384. The molecule has 2 aliphatic rings. The highest BCUT2D eigenvalue weighted by Crippen LogP contribution is 2.39. The van der Waals surface area contributed by atoms with Crippen molar-refractivity contribution < 1.29 is 9.72 Å². The molecule has 0 spiro atoms. The van der Waals surface area contributed by atoms with Gasteiger partial charge in [0, 0.05) is 54.4 Å². The Labute approximate surface area is 225 Å². The standard InChI is InChI=1S/C30H28N6O3/c1-34-18-27(31-19-34)21-8-10-23(11-9-21)32-29(22-6-4-20(5-7-22)17-35-14-2-3-15-35)28-25-16-24(36(38)39)12-13-26(25)33-30(28)37/h4-13,16,18-19,32H,2-3,14-15,17H2,1H3,(H,33,37). The maximum atomic E-state index is 13.3. The number of benzene rings is 3. The molecular formula is C30H28N6O3. The van der Waals surface area contributed by atoms with Crippen molar-refractivity contribution in [2.45, 2.75) is 19.4 Å². The Hall–Kier alpha value is -4.76. The van der Waals surface area contributed by atoms with Gasteiger partial charge in [0.1, 0.15) is 0 Å². The summed E-state index contributed by atoms with van der Waals surface area (Å²) in [6, 6.07) is 20.4. The molecule has 9 nitrogen and oxygen atoms in total. The van der Waals surface area contributed by atoms with E-state index in [9.17, 15) is 14.9 Å². The van der Waals surface area contributed by atoms with E-state index < -0.39 is 4.92 Å². The van der Waals surface area contributed by atoms with E-state index in [-0.39, 0.29) is 11.6 Å². The lowest BCUT2D eigenvalue weighted by atomic mass is 9.98. The van der Waals surface area contributed by atoms with Crippen molar-refractivity contribution in [3.63, 3.8) is 0 Å². The number of nitro benzene ring substituents is 1. The zero-order valence-corrected chi connectivity index (χ0v) is 21.6. The van der Waals surface area contributed by atoms with Crippen molar-refractivity contribution in [3.8, 4) is 11.3 Å². The molecule has 0 aliphatic carbocycles. The van der Waals surface area contributed by atoms with Crippen LogP contribution in [0.1, 0.15) is 29.5 Å². The molecule has 196 valence electrons. The number of rotatable bonds is 7. The van der Waals surface area contributed by atoms with Crippen molar-refractivity contribution in [1.29, 1.82) is 0 Å². The first-order valence-corrected chi connectivity index (χ1v) is 13.0. The number of aromatic nitrogens is 2. The summed E-state index contributed by atoms with van der Waals surface area (Å²) in [6.07, 6.45) is 6.18. The Morgan fingerprint density at radius 3 is 2.46 bits per heavy atom. The number of imidazole rings is 1. The molecule has 2 N–H and O–H groups in total. The Balaban J connectivity index is 1.39. The Morgan fingerprint density at radius 2 is 1.79 bits per heavy atom. The van der Waals surface area contributed by atoms with Crippen LogP contribution in [0.25, 0.3) is 22.5 Å². The third-order valence-corrected chi connectivity index (χ3v) is 7.21. The van der Waals surface area contributed by atoms with Gasteiger partial charge >= 0.3 is 0 Å². The smallest absolute Gasteiger partial charge is 0.270 e. The van der Waals surface area contributed by atoms with Crippen molar-refractivity contribution in [2.75, 3.05) is 23.7 Å². The number of hydrogen-bond acceptors (Lipinski definition) is 6. The van der Waals surface area contributed by atoms with Gasteiger partial charge in [0.05, 0.1) is 28.2 Å². The van der Waals surface area contributed by atoms with E-state index in [0.717, 1.165) is 42.1 Å². The number of nitro groups is 1. The first-order valence-electron chi connectivity index (χ1n) is 13.0. The SMILES string of the molecule is Cn1cnc(-c2ccc(NC(=C3C(=O)Nc4ccc([N+](=O)[O-])cc43)c3ccc(CN4CCCC4)cc3)cc2)c1. The summed E-state index contributed by atoms with van der Waals surface area (Å²) < 4.78 is 1.90. The molecule has 0 saturated carbocycles. The topological polar surface area (TPSA) is 105 Å². The summed E-state index contributed by atoms with van der Waals surface area (Å²) >= 11 is 0. The minimum atomic E-state index is -0.447. The van der Waals surface area contributed by atoms with Crippen LogP contribution in [0.2, 0.25) is 0 Å². The van der Waals surface area contributed by atoms with Crippen molar-refractivity contribution in [3.05, 3.63) is 106 Å². The summed E-state index contributed by atoms with van der Waals surface area (Å²) in [4.78, 5) is 31.2. The van der Waals surface area contributed by atoms with Gasteiger partial charge in [0.25, 0.3) is 11.6 Å². The summed E-state index contributed by atoms with van der Waals surface area (Å²) in [7, 11) is 1.93. The highest BCUT2D eigenvalue weighted by molar-refractivity contribution is 6.37. The van der Waals surface area contributed by atoms with Crippen LogP contribution in [0.5, 0.6) is 0 Å². The van der Waals surface area contributed by atoms with Crippen LogP contribution in [0.15, 0.2) is 79.3 Å². The maximum Gasteiger partial charge on any atom is 0.270 e. The first-order chi connectivity index (χ1) is 18.9. The average Bonchev–Trinajstić information content (AvgIpc) is 3.68. The van der Waals surface area contributed by atoms with E-state index in [1.54, 1.807) is 12.4 Å². The molecule has 4 aromatic rings. The molecule has 0 bridgehead atoms. The fraction of sp³-hybridized carbons (Fsp3) is 0.200. The number of anilines is 2. The van der Waals surface area contributed by atoms with Gasteiger partial charge in [-0.2, -0.15) is 0 Å². The average molecular weight is 521 g/mol. The van der Waals surface area contributed by atoms with Crippen LogP contribution < -0.4 is 10.6 Å². The second-order valence-corrected chi connectivity index (χ2v) is 10.00. The number of amides is 1. The van der Waals surface area contributed by atoms with E-state index in [2.05, 4.69) is 32.7 Å². The van der Waals surface area contributed by atoms with Crippen LogP contribution in [-0.4, -0.2) is 38.4 Å². The first kappa shape index (κ1) is 24.6. The third kappa shape index (κ3) is 5.04. The molecule has 39 heavy (non-hydrogen) atoms. The zero-order valence-electron chi connectivity index (χ0n) is 21.6. The third-order valence-electron chi connectivity index (χ3n) is 7.21. The van der Waals surface area contributed by atoms with Crippen LogP contribution in [-0.2, 0) is 18.4 Å². The normalized spacial score (nSPS) is 16.2. The summed E-state index contributed by atoms with van der Waals surface area (Å²) in [5.74, 6) is -0.306. The molecule has 3 aromatic carbocycles. The number of carbonyl (C=O) groups excluding carboxylic acids is 1. The van der Waals surface area contributed by atoms with E-state index in [4.69, 9.17) is 0 Å². The molecule has 3 heterocycles. The monoisotopic (exact) mass is 520 g/mol. The molecule has 2 aliphatic heterocycles. The van der Waals surface area contributed by atoms with Crippen molar-refractivity contribution in [1.82, 2.24) is 14.5 Å². The van der Waals surface area contributed by atoms with E-state index in [1.807, 2.05) is 54.2 Å². The minimum Gasteiger partial charge on any atom is -0.354 e. The zero-order chi connectivity index (χ0) is 26.9. The lowest BCUT2D eigenvalue weighted by Gasteiger charge is -2.17. The van der Waals surface area contributed by atoms with Crippen LogP contribution >= 0.6 is 0 Å². The molecule has 1 amide bonds. The molecular weight excluding hydrogens is 492 g/mol. The second-order valence-electron chi connectivity index (χ2n) is 10.00. The molecule has 1 fully saturated rings. The molecule has 0 radical (unpaired) electrons. The Morgan fingerprint density at radius 1 is 1.05 bits per heavy atom. The second kappa shape index (κ2) is 10.2. The number of likely N-dealkylation sites (tertiary alicyclic amines) is 1. The Bertz CT molecular complexity index is 1580. The van der Waals surface area contributed by atoms with Crippen LogP contribution in [0.3, 0.4) is 0 Å². The number of fused-ring (bicyclic) bond motifs is 1. The summed E-state index contributed by atoms with van der Waals surface area (Å²) in [5.41, 5.74) is 6.59. The van der Waals surface area contributed by atoms with Gasteiger partial charge in [-0.3, -0.25) is 19.8 Å². The van der Waals surface area contributed by atoms with Crippen LogP contribution in [0, 0.1) is 10.1 Å². The van der Waals surface area contributed by atoms with Crippen molar-refractivity contribution >= 4 is 34.2 Å². The van der Waals surface area contributed by atoms with E-state index >= 15 is 0 Å². The largest absolute Gasteiger partial charge is 0.354 e. The molecule has 0 atom stereocenters. The van der Waals surface area contributed by atoms with Gasteiger partial charge in [-0.1, -0.05) is 36.4 Å². The van der Waals surface area contributed by atoms with E-state index in [0.29, 0.717) is 22.5 Å².